The molecule has 154 valence electrons. The average molecular weight is 406 g/mol. The number of amides is 1. The van der Waals surface area contributed by atoms with Gasteiger partial charge >= 0.3 is 0 Å². The Labute approximate surface area is 174 Å². The summed E-state index contributed by atoms with van der Waals surface area (Å²) in [5.41, 5.74) is 4.08. The van der Waals surface area contributed by atoms with E-state index >= 15 is 0 Å². The van der Waals surface area contributed by atoms with Gasteiger partial charge in [-0.05, 0) is 61.7 Å². The summed E-state index contributed by atoms with van der Waals surface area (Å²) in [6, 6.07) is 13.0. The number of dihydropyridines is 1. The highest BCUT2D eigenvalue weighted by molar-refractivity contribution is 6.09. The lowest BCUT2D eigenvalue weighted by molar-refractivity contribution is -0.116. The van der Waals surface area contributed by atoms with Crippen molar-refractivity contribution in [3.63, 3.8) is 0 Å². The Hall–Kier alpha value is -3.41. The highest BCUT2D eigenvalue weighted by atomic mass is 19.1. The molecule has 2 aromatic carbocycles. The van der Waals surface area contributed by atoms with E-state index in [-0.39, 0.29) is 17.5 Å². The zero-order valence-corrected chi connectivity index (χ0v) is 16.9. The summed E-state index contributed by atoms with van der Waals surface area (Å²) in [5, 5.41) is 6.13. The molecule has 30 heavy (non-hydrogen) atoms. The minimum Gasteiger partial charge on any atom is -0.497 e. The summed E-state index contributed by atoms with van der Waals surface area (Å²) in [5.74, 6) is -0.404. The van der Waals surface area contributed by atoms with Crippen LogP contribution in [0.1, 0.15) is 37.7 Å². The van der Waals surface area contributed by atoms with Gasteiger partial charge < -0.3 is 15.4 Å². The molecule has 0 unspecified atom stereocenters. The number of carbonyl (C=O) groups excluding carboxylic acids is 2. The normalized spacial score (nSPS) is 18.6. The van der Waals surface area contributed by atoms with Crippen LogP contribution < -0.4 is 15.4 Å². The predicted octanol–water partition coefficient (Wildman–Crippen LogP) is 4.44. The molecule has 2 N–H and O–H groups in total. The summed E-state index contributed by atoms with van der Waals surface area (Å²) in [6.07, 6.45) is 2.04. The maximum atomic E-state index is 13.3. The predicted molar refractivity (Wildman–Crippen MR) is 112 cm³/mol. The van der Waals surface area contributed by atoms with Crippen molar-refractivity contribution in [3.8, 4) is 5.75 Å². The molecular weight excluding hydrogens is 383 g/mol. The van der Waals surface area contributed by atoms with E-state index in [2.05, 4.69) is 10.6 Å². The molecule has 0 fully saturated rings. The second kappa shape index (κ2) is 8.14. The Morgan fingerprint density at radius 2 is 1.80 bits per heavy atom. The van der Waals surface area contributed by atoms with Gasteiger partial charge in [0.25, 0.3) is 5.91 Å². The quantitative estimate of drug-likeness (QED) is 0.788. The minimum atomic E-state index is -0.472. The number of rotatable bonds is 4. The van der Waals surface area contributed by atoms with Gasteiger partial charge in [0.1, 0.15) is 11.6 Å². The molecule has 0 saturated heterocycles. The third kappa shape index (κ3) is 3.73. The largest absolute Gasteiger partial charge is 0.497 e. The number of halogens is 1. The number of hydrogen-bond donors (Lipinski definition) is 2. The van der Waals surface area contributed by atoms with Crippen molar-refractivity contribution in [2.24, 2.45) is 0 Å². The summed E-state index contributed by atoms with van der Waals surface area (Å²) in [6.45, 7) is 1.85. The van der Waals surface area contributed by atoms with E-state index in [9.17, 15) is 14.0 Å². The first kappa shape index (κ1) is 19.9. The van der Waals surface area contributed by atoms with Crippen LogP contribution in [0.4, 0.5) is 10.1 Å². The molecule has 6 heteroatoms. The van der Waals surface area contributed by atoms with E-state index in [0.29, 0.717) is 34.7 Å². The number of ether oxygens (including phenoxy) is 1. The smallest absolute Gasteiger partial charge is 0.254 e. The van der Waals surface area contributed by atoms with Gasteiger partial charge in [0.05, 0.1) is 7.11 Å². The molecule has 4 rings (SSSR count). The van der Waals surface area contributed by atoms with E-state index in [1.165, 1.54) is 24.3 Å². The first-order valence-corrected chi connectivity index (χ1v) is 9.93. The molecule has 0 spiro atoms. The van der Waals surface area contributed by atoms with E-state index in [1.807, 2.05) is 31.2 Å². The molecule has 1 atom stereocenters. The highest BCUT2D eigenvalue weighted by Crippen LogP contribution is 2.42. The molecule has 0 bridgehead atoms. The Kier molecular flexibility index (Phi) is 5.40. The van der Waals surface area contributed by atoms with E-state index in [4.69, 9.17) is 4.74 Å². The number of Topliss-reactive ketones (excluding diaryl/α,β-unsaturated/α-hetero) is 1. The number of hydrogen-bond acceptors (Lipinski definition) is 4. The van der Waals surface area contributed by atoms with Crippen LogP contribution in [-0.4, -0.2) is 18.8 Å². The van der Waals surface area contributed by atoms with Gasteiger partial charge in [0, 0.05) is 40.6 Å². The van der Waals surface area contributed by atoms with Gasteiger partial charge in [0.15, 0.2) is 5.78 Å². The third-order valence-electron chi connectivity index (χ3n) is 5.57. The fourth-order valence-corrected chi connectivity index (χ4v) is 4.15. The number of nitrogens with one attached hydrogen (secondary N) is 2. The molecule has 1 aliphatic heterocycles. The summed E-state index contributed by atoms with van der Waals surface area (Å²) in [4.78, 5) is 26.2. The van der Waals surface area contributed by atoms with Crippen LogP contribution in [0.25, 0.3) is 0 Å². The lowest BCUT2D eigenvalue weighted by atomic mass is 9.75. The number of methoxy groups -OCH3 is 1. The second-order valence-corrected chi connectivity index (χ2v) is 7.50. The van der Waals surface area contributed by atoms with Crippen molar-refractivity contribution >= 4 is 17.4 Å². The molecule has 1 aliphatic carbocycles. The molecule has 1 amide bonds. The fourth-order valence-electron chi connectivity index (χ4n) is 4.15. The number of carbonyl (C=O) groups is 2. The highest BCUT2D eigenvalue weighted by Gasteiger charge is 2.38. The molecular formula is C24H23FN2O3. The van der Waals surface area contributed by atoms with Crippen LogP contribution >= 0.6 is 0 Å². The Bertz CT molecular complexity index is 1050. The SMILES string of the molecule is COc1ccc([C@H]2C(C(=O)Nc3ccc(F)cc3)=C(C)NC3=C2C(=O)CCC3)cc1. The molecule has 1 heterocycles. The number of anilines is 1. The summed E-state index contributed by atoms with van der Waals surface area (Å²) >= 11 is 0. The lowest BCUT2D eigenvalue weighted by Gasteiger charge is -2.34. The number of benzene rings is 2. The zero-order valence-electron chi connectivity index (χ0n) is 16.9. The average Bonchev–Trinajstić information content (AvgIpc) is 2.74. The van der Waals surface area contributed by atoms with Gasteiger partial charge in [-0.1, -0.05) is 12.1 Å². The summed E-state index contributed by atoms with van der Waals surface area (Å²) in [7, 11) is 1.59. The standard InChI is InChI=1S/C24H23FN2O3/c1-14-21(24(29)27-17-10-8-16(25)9-11-17)22(15-6-12-18(30-2)13-7-15)23-19(26-14)4-3-5-20(23)28/h6-13,22,26H,3-5H2,1-2H3,(H,27,29)/t22-/m0/s1. The van der Waals surface area contributed by atoms with Gasteiger partial charge in [0.2, 0.25) is 0 Å². The van der Waals surface area contributed by atoms with Crippen molar-refractivity contribution in [2.45, 2.75) is 32.1 Å². The van der Waals surface area contributed by atoms with Gasteiger partial charge in [-0.15, -0.1) is 0 Å². The Morgan fingerprint density at radius 3 is 2.47 bits per heavy atom. The number of allylic oxidation sites excluding steroid dienone is 3. The summed E-state index contributed by atoms with van der Waals surface area (Å²) < 4.78 is 18.5. The molecule has 0 aromatic heterocycles. The lowest BCUT2D eigenvalue weighted by Crippen LogP contribution is -2.35. The van der Waals surface area contributed by atoms with E-state index in [0.717, 1.165) is 24.1 Å². The van der Waals surface area contributed by atoms with E-state index in [1.54, 1.807) is 7.11 Å². The van der Waals surface area contributed by atoms with Crippen LogP contribution in [0.2, 0.25) is 0 Å². The molecule has 0 saturated carbocycles. The van der Waals surface area contributed by atoms with Crippen molar-refractivity contribution < 1.29 is 18.7 Å². The van der Waals surface area contributed by atoms with Crippen LogP contribution in [0, 0.1) is 5.82 Å². The fraction of sp³-hybridized carbons (Fsp3) is 0.250. The zero-order chi connectivity index (χ0) is 21.3. The van der Waals surface area contributed by atoms with Crippen LogP contribution in [0.3, 0.4) is 0 Å². The van der Waals surface area contributed by atoms with Crippen LogP contribution in [0.15, 0.2) is 71.1 Å². The molecule has 0 radical (unpaired) electrons. The molecule has 5 nitrogen and oxygen atoms in total. The Morgan fingerprint density at radius 1 is 1.10 bits per heavy atom. The second-order valence-electron chi connectivity index (χ2n) is 7.50. The Balaban J connectivity index is 1.76. The van der Waals surface area contributed by atoms with Crippen molar-refractivity contribution in [1.82, 2.24) is 5.32 Å². The monoisotopic (exact) mass is 406 g/mol. The van der Waals surface area contributed by atoms with Crippen molar-refractivity contribution in [2.75, 3.05) is 12.4 Å². The topological polar surface area (TPSA) is 67.4 Å². The molecule has 2 aromatic rings. The molecule has 2 aliphatic rings. The van der Waals surface area contributed by atoms with Crippen LogP contribution in [0.5, 0.6) is 5.75 Å². The maximum absolute atomic E-state index is 13.3. The van der Waals surface area contributed by atoms with Crippen molar-refractivity contribution in [3.05, 3.63) is 82.5 Å². The van der Waals surface area contributed by atoms with Gasteiger partial charge in [-0.25, -0.2) is 4.39 Å². The number of ketones is 1. The first-order valence-electron chi connectivity index (χ1n) is 9.93. The van der Waals surface area contributed by atoms with Crippen LogP contribution in [-0.2, 0) is 9.59 Å². The minimum absolute atomic E-state index is 0.0594. The van der Waals surface area contributed by atoms with E-state index < -0.39 is 5.92 Å². The van der Waals surface area contributed by atoms with Crippen molar-refractivity contribution in [1.29, 1.82) is 0 Å². The third-order valence-corrected chi connectivity index (χ3v) is 5.57. The maximum Gasteiger partial charge on any atom is 0.254 e. The first-order chi connectivity index (χ1) is 14.5. The van der Waals surface area contributed by atoms with Gasteiger partial charge in [-0.3, -0.25) is 9.59 Å². The van der Waals surface area contributed by atoms with Gasteiger partial charge in [-0.2, -0.15) is 0 Å².